The highest BCUT2D eigenvalue weighted by atomic mass is 16.4. The average Bonchev–Trinajstić information content (AvgIpc) is 2.92. The van der Waals surface area contributed by atoms with Crippen LogP contribution in [0, 0.1) is 0 Å². The zero-order chi connectivity index (χ0) is 16.2. The van der Waals surface area contributed by atoms with E-state index in [1.54, 1.807) is 6.07 Å². The Morgan fingerprint density at radius 2 is 2.04 bits per heavy atom. The Kier molecular flexibility index (Phi) is 4.98. The molecule has 0 radical (unpaired) electrons. The Morgan fingerprint density at radius 3 is 2.74 bits per heavy atom. The number of rotatable bonds is 6. The van der Waals surface area contributed by atoms with Crippen molar-refractivity contribution < 1.29 is 9.90 Å². The van der Waals surface area contributed by atoms with E-state index in [9.17, 15) is 9.90 Å². The Balaban J connectivity index is 1.90. The van der Waals surface area contributed by atoms with Crippen molar-refractivity contribution in [3.63, 3.8) is 0 Å². The number of piperazine rings is 1. The molecule has 0 aliphatic carbocycles. The van der Waals surface area contributed by atoms with Crippen molar-refractivity contribution in [3.8, 4) is 0 Å². The number of benzene rings is 1. The van der Waals surface area contributed by atoms with Crippen LogP contribution < -0.4 is 5.32 Å². The summed E-state index contributed by atoms with van der Waals surface area (Å²) < 4.78 is 2.12. The van der Waals surface area contributed by atoms with Crippen LogP contribution in [0.2, 0.25) is 0 Å². The lowest BCUT2D eigenvalue weighted by Crippen LogP contribution is -2.44. The third kappa shape index (κ3) is 3.41. The van der Waals surface area contributed by atoms with Gasteiger partial charge in [-0.25, -0.2) is 4.79 Å². The fourth-order valence-corrected chi connectivity index (χ4v) is 3.44. The molecule has 124 valence electrons. The minimum absolute atomic E-state index is 0.407. The van der Waals surface area contributed by atoms with Crippen LogP contribution in [0.15, 0.2) is 24.4 Å². The molecule has 1 saturated heterocycles. The largest absolute Gasteiger partial charge is 0.478 e. The van der Waals surface area contributed by atoms with Crippen LogP contribution >= 0.6 is 0 Å². The second-order valence-corrected chi connectivity index (χ2v) is 6.20. The molecular weight excluding hydrogens is 290 g/mol. The number of nitrogens with zero attached hydrogens (tertiary/aromatic N) is 2. The summed E-state index contributed by atoms with van der Waals surface area (Å²) in [5.41, 5.74) is 2.54. The number of nitrogens with one attached hydrogen (secondary N) is 1. The molecule has 2 N–H and O–H groups in total. The van der Waals surface area contributed by atoms with Crippen molar-refractivity contribution in [1.82, 2.24) is 14.8 Å². The molecule has 23 heavy (non-hydrogen) atoms. The maximum absolute atomic E-state index is 11.6. The molecule has 2 aromatic rings. The Hall–Kier alpha value is -1.85. The normalized spacial score (nSPS) is 16.0. The maximum Gasteiger partial charge on any atom is 0.337 e. The molecule has 5 heteroatoms. The number of carbonyl (C=O) groups is 1. The monoisotopic (exact) mass is 315 g/mol. The van der Waals surface area contributed by atoms with Crippen LogP contribution in [0.25, 0.3) is 10.9 Å². The van der Waals surface area contributed by atoms with E-state index >= 15 is 0 Å². The average molecular weight is 315 g/mol. The number of carboxylic acid groups (broad SMARTS) is 1. The lowest BCUT2D eigenvalue weighted by Gasteiger charge is -2.26. The van der Waals surface area contributed by atoms with E-state index in [0.717, 1.165) is 63.0 Å². The lowest BCUT2D eigenvalue weighted by atomic mass is 10.1. The van der Waals surface area contributed by atoms with E-state index in [1.807, 2.05) is 6.07 Å². The summed E-state index contributed by atoms with van der Waals surface area (Å²) in [7, 11) is 0. The molecule has 0 amide bonds. The molecule has 0 saturated carbocycles. The number of aromatic carboxylic acids is 1. The second kappa shape index (κ2) is 7.15. The van der Waals surface area contributed by atoms with E-state index < -0.39 is 5.97 Å². The quantitative estimate of drug-likeness (QED) is 0.858. The summed E-state index contributed by atoms with van der Waals surface area (Å²) in [5.74, 6) is -0.847. The topological polar surface area (TPSA) is 57.5 Å². The van der Waals surface area contributed by atoms with Crippen molar-refractivity contribution in [1.29, 1.82) is 0 Å². The fourth-order valence-electron chi connectivity index (χ4n) is 3.44. The standard InChI is InChI=1S/C18H25N3O2/c1-2-9-21-13-14(6-10-20-11-7-19-8-12-20)15-4-3-5-16(17(15)21)18(22)23/h3-5,13,19H,2,6-12H2,1H3,(H,22,23). The Bertz CT molecular complexity index is 687. The zero-order valence-corrected chi connectivity index (χ0v) is 13.7. The molecule has 0 spiro atoms. The van der Waals surface area contributed by atoms with Crippen LogP contribution in [0.4, 0.5) is 0 Å². The first-order chi connectivity index (χ1) is 11.2. The van der Waals surface area contributed by atoms with Gasteiger partial charge in [0, 0.05) is 50.9 Å². The smallest absolute Gasteiger partial charge is 0.337 e. The van der Waals surface area contributed by atoms with Crippen LogP contribution in [0.3, 0.4) is 0 Å². The molecule has 5 nitrogen and oxygen atoms in total. The van der Waals surface area contributed by atoms with Gasteiger partial charge in [-0.05, 0) is 24.5 Å². The van der Waals surface area contributed by atoms with Gasteiger partial charge in [-0.1, -0.05) is 19.1 Å². The highest BCUT2D eigenvalue weighted by Gasteiger charge is 2.17. The van der Waals surface area contributed by atoms with Crippen LogP contribution in [0.5, 0.6) is 0 Å². The third-order valence-corrected chi connectivity index (χ3v) is 4.58. The van der Waals surface area contributed by atoms with Gasteiger partial charge in [0.2, 0.25) is 0 Å². The Morgan fingerprint density at radius 1 is 1.26 bits per heavy atom. The molecule has 1 fully saturated rings. The highest BCUT2D eigenvalue weighted by Crippen LogP contribution is 2.26. The Labute approximate surface area is 136 Å². The summed E-state index contributed by atoms with van der Waals surface area (Å²) in [4.78, 5) is 14.0. The van der Waals surface area contributed by atoms with E-state index in [2.05, 4.69) is 34.0 Å². The van der Waals surface area contributed by atoms with Crippen LogP contribution in [0.1, 0.15) is 29.3 Å². The summed E-state index contributed by atoms with van der Waals surface area (Å²) in [6, 6.07) is 5.62. The van der Waals surface area contributed by atoms with Crippen LogP contribution in [-0.2, 0) is 13.0 Å². The van der Waals surface area contributed by atoms with Gasteiger partial charge in [-0.15, -0.1) is 0 Å². The molecule has 1 aliphatic heterocycles. The maximum atomic E-state index is 11.6. The molecule has 2 heterocycles. The third-order valence-electron chi connectivity index (χ3n) is 4.58. The van der Waals surface area contributed by atoms with Crippen molar-refractivity contribution in [2.24, 2.45) is 0 Å². The number of hydrogen-bond donors (Lipinski definition) is 2. The number of aromatic nitrogens is 1. The van der Waals surface area contributed by atoms with Gasteiger partial charge in [0.15, 0.2) is 0 Å². The van der Waals surface area contributed by atoms with Crippen molar-refractivity contribution in [2.75, 3.05) is 32.7 Å². The minimum Gasteiger partial charge on any atom is -0.478 e. The van der Waals surface area contributed by atoms with Crippen molar-refractivity contribution >= 4 is 16.9 Å². The van der Waals surface area contributed by atoms with Gasteiger partial charge in [-0.3, -0.25) is 0 Å². The first-order valence-electron chi connectivity index (χ1n) is 8.47. The van der Waals surface area contributed by atoms with E-state index in [0.29, 0.717) is 5.56 Å². The molecular formula is C18H25N3O2. The van der Waals surface area contributed by atoms with Gasteiger partial charge in [0.05, 0.1) is 11.1 Å². The number of para-hydroxylation sites is 1. The first-order valence-corrected chi connectivity index (χ1v) is 8.47. The summed E-state index contributed by atoms with van der Waals surface area (Å²) in [5, 5.41) is 14.0. The lowest BCUT2D eigenvalue weighted by molar-refractivity contribution is 0.0698. The van der Waals surface area contributed by atoms with Crippen molar-refractivity contribution in [2.45, 2.75) is 26.3 Å². The van der Waals surface area contributed by atoms with Gasteiger partial charge >= 0.3 is 5.97 Å². The molecule has 1 aromatic heterocycles. The zero-order valence-electron chi connectivity index (χ0n) is 13.7. The molecule has 0 unspecified atom stereocenters. The summed E-state index contributed by atoms with van der Waals surface area (Å²) >= 11 is 0. The summed E-state index contributed by atoms with van der Waals surface area (Å²) in [6.07, 6.45) is 4.12. The van der Waals surface area contributed by atoms with Gasteiger partial charge in [-0.2, -0.15) is 0 Å². The fraction of sp³-hybridized carbons (Fsp3) is 0.500. The van der Waals surface area contributed by atoms with Gasteiger partial charge < -0.3 is 19.9 Å². The van der Waals surface area contributed by atoms with E-state index in [-0.39, 0.29) is 0 Å². The van der Waals surface area contributed by atoms with Gasteiger partial charge in [0.25, 0.3) is 0 Å². The highest BCUT2D eigenvalue weighted by molar-refractivity contribution is 6.03. The minimum atomic E-state index is -0.847. The first kappa shape index (κ1) is 16.0. The number of fused-ring (bicyclic) bond motifs is 1. The molecule has 0 atom stereocenters. The SMILES string of the molecule is CCCn1cc(CCN2CCNCC2)c2cccc(C(=O)O)c21. The van der Waals surface area contributed by atoms with Crippen molar-refractivity contribution in [3.05, 3.63) is 35.5 Å². The molecule has 3 rings (SSSR count). The van der Waals surface area contributed by atoms with Gasteiger partial charge in [0.1, 0.15) is 0 Å². The van der Waals surface area contributed by atoms with Crippen LogP contribution in [-0.4, -0.2) is 53.3 Å². The number of hydrogen-bond acceptors (Lipinski definition) is 3. The second-order valence-electron chi connectivity index (χ2n) is 6.20. The van der Waals surface area contributed by atoms with E-state index in [4.69, 9.17) is 0 Å². The predicted octanol–water partition coefficient (Wildman–Crippen LogP) is 2.20. The molecule has 1 aromatic carbocycles. The molecule has 0 bridgehead atoms. The molecule has 1 aliphatic rings. The predicted molar refractivity (Wildman–Crippen MR) is 92.2 cm³/mol. The number of aryl methyl sites for hydroxylation is 1. The summed E-state index contributed by atoms with van der Waals surface area (Å²) in [6.45, 7) is 8.30. The van der Waals surface area contributed by atoms with E-state index in [1.165, 1.54) is 5.56 Å². The number of carboxylic acids is 1.